The average Bonchev–Trinajstić information content (AvgIpc) is 3.09. The van der Waals surface area contributed by atoms with Crippen molar-refractivity contribution in [3.05, 3.63) is 59.2 Å². The number of carbonyl (C=O) groups is 1. The van der Waals surface area contributed by atoms with Crippen molar-refractivity contribution in [1.82, 2.24) is 9.97 Å². The molecule has 140 valence electrons. The average molecular weight is 392 g/mol. The van der Waals surface area contributed by atoms with Gasteiger partial charge in [-0.15, -0.1) is 11.3 Å². The van der Waals surface area contributed by atoms with Gasteiger partial charge in [-0.1, -0.05) is 18.2 Å². The van der Waals surface area contributed by atoms with Crippen LogP contribution in [0.1, 0.15) is 16.1 Å². The van der Waals surface area contributed by atoms with Crippen LogP contribution in [0.5, 0.6) is 0 Å². The van der Waals surface area contributed by atoms with Crippen molar-refractivity contribution in [1.29, 1.82) is 0 Å². The summed E-state index contributed by atoms with van der Waals surface area (Å²) < 4.78 is 14.9. The number of halogens is 1. The zero-order valence-electron chi connectivity index (χ0n) is 15.2. The highest BCUT2D eigenvalue weighted by Crippen LogP contribution is 2.34. The lowest BCUT2D eigenvalue weighted by atomic mass is 10.2. The second-order valence-electron chi connectivity index (χ2n) is 6.85. The lowest BCUT2D eigenvalue weighted by Crippen LogP contribution is -2.31. The van der Waals surface area contributed by atoms with E-state index >= 15 is 0 Å². The number of hydrogen-bond acceptors (Lipinski definition) is 5. The van der Waals surface area contributed by atoms with Crippen LogP contribution in [-0.2, 0) is 0 Å². The number of hydrogen-bond donors (Lipinski definition) is 0. The Morgan fingerprint density at radius 2 is 1.79 bits per heavy atom. The molecule has 0 radical (unpaired) electrons. The normalized spacial score (nSPS) is 14.4. The van der Waals surface area contributed by atoms with E-state index in [9.17, 15) is 9.18 Å². The zero-order valence-corrected chi connectivity index (χ0v) is 16.0. The second kappa shape index (κ2) is 6.53. The molecule has 4 aromatic rings. The third kappa shape index (κ3) is 2.70. The summed E-state index contributed by atoms with van der Waals surface area (Å²) in [7, 11) is 1.96. The van der Waals surface area contributed by atoms with Crippen LogP contribution in [0.3, 0.4) is 0 Å². The van der Waals surface area contributed by atoms with Crippen molar-refractivity contribution in [2.75, 3.05) is 29.9 Å². The smallest absolute Gasteiger partial charge is 0.269 e. The van der Waals surface area contributed by atoms with Crippen LogP contribution >= 0.6 is 11.3 Å². The SMILES string of the molecule is CN1CCCN(C(=O)c2cc3c(F)cccc3s2)c2nc3ccccc3nc21. The van der Waals surface area contributed by atoms with Gasteiger partial charge in [0.1, 0.15) is 5.82 Å². The molecule has 0 bridgehead atoms. The minimum Gasteiger partial charge on any atom is -0.357 e. The van der Waals surface area contributed by atoms with Crippen molar-refractivity contribution < 1.29 is 9.18 Å². The number of para-hydroxylation sites is 2. The van der Waals surface area contributed by atoms with E-state index in [4.69, 9.17) is 9.97 Å². The number of amides is 1. The first kappa shape index (κ1) is 17.1. The third-order valence-corrected chi connectivity index (χ3v) is 6.08. The minimum atomic E-state index is -0.311. The first-order chi connectivity index (χ1) is 13.6. The van der Waals surface area contributed by atoms with E-state index in [1.165, 1.54) is 17.4 Å². The first-order valence-corrected chi connectivity index (χ1v) is 9.91. The Bertz CT molecular complexity index is 1220. The van der Waals surface area contributed by atoms with E-state index in [0.717, 1.165) is 28.7 Å². The summed E-state index contributed by atoms with van der Waals surface area (Å²) >= 11 is 1.31. The fraction of sp³-hybridized carbons (Fsp3) is 0.190. The molecule has 0 N–H and O–H groups in total. The van der Waals surface area contributed by atoms with Gasteiger partial charge in [-0.2, -0.15) is 0 Å². The predicted molar refractivity (Wildman–Crippen MR) is 111 cm³/mol. The molecular weight excluding hydrogens is 375 g/mol. The molecule has 2 aromatic heterocycles. The molecule has 1 aliphatic heterocycles. The quantitative estimate of drug-likeness (QED) is 0.480. The Morgan fingerprint density at radius 1 is 1.04 bits per heavy atom. The van der Waals surface area contributed by atoms with Crippen LogP contribution in [-0.4, -0.2) is 36.0 Å². The first-order valence-electron chi connectivity index (χ1n) is 9.09. The summed E-state index contributed by atoms with van der Waals surface area (Å²) in [5, 5.41) is 0.479. The molecule has 0 fully saturated rings. The van der Waals surface area contributed by atoms with E-state index in [1.54, 1.807) is 17.0 Å². The number of fused-ring (bicyclic) bond motifs is 3. The highest BCUT2D eigenvalue weighted by Gasteiger charge is 2.28. The fourth-order valence-corrected chi connectivity index (χ4v) is 4.58. The molecule has 0 spiro atoms. The molecule has 5 nitrogen and oxygen atoms in total. The van der Waals surface area contributed by atoms with Crippen molar-refractivity contribution in [2.24, 2.45) is 0 Å². The number of anilines is 2. The van der Waals surface area contributed by atoms with Gasteiger partial charge in [-0.3, -0.25) is 9.69 Å². The number of benzene rings is 2. The summed E-state index contributed by atoms with van der Waals surface area (Å²) in [5.74, 6) is 0.773. The lowest BCUT2D eigenvalue weighted by Gasteiger charge is -2.22. The number of nitrogens with zero attached hydrogens (tertiary/aromatic N) is 4. The largest absolute Gasteiger partial charge is 0.357 e. The van der Waals surface area contributed by atoms with Gasteiger partial charge in [0.05, 0.1) is 15.9 Å². The van der Waals surface area contributed by atoms with Gasteiger partial charge < -0.3 is 4.90 Å². The van der Waals surface area contributed by atoms with Gasteiger partial charge >= 0.3 is 0 Å². The van der Waals surface area contributed by atoms with E-state index in [1.807, 2.05) is 42.3 Å². The van der Waals surface area contributed by atoms with Crippen LogP contribution in [0, 0.1) is 5.82 Å². The molecule has 2 aromatic carbocycles. The van der Waals surface area contributed by atoms with Crippen LogP contribution in [0.2, 0.25) is 0 Å². The fourth-order valence-electron chi connectivity index (χ4n) is 3.56. The van der Waals surface area contributed by atoms with Crippen LogP contribution in [0.4, 0.5) is 16.0 Å². The summed E-state index contributed by atoms with van der Waals surface area (Å²) in [6.07, 6.45) is 0.801. The van der Waals surface area contributed by atoms with Gasteiger partial charge in [0.2, 0.25) is 0 Å². The van der Waals surface area contributed by atoms with Gasteiger partial charge in [0, 0.05) is 30.2 Å². The minimum absolute atomic E-state index is 0.165. The topological polar surface area (TPSA) is 49.3 Å². The third-order valence-electron chi connectivity index (χ3n) is 4.99. The molecule has 0 unspecified atom stereocenters. The molecule has 1 aliphatic rings. The highest BCUT2D eigenvalue weighted by atomic mass is 32.1. The second-order valence-corrected chi connectivity index (χ2v) is 7.94. The maximum absolute atomic E-state index is 14.1. The Balaban J connectivity index is 1.64. The van der Waals surface area contributed by atoms with Crippen LogP contribution in [0.15, 0.2) is 48.5 Å². The maximum Gasteiger partial charge on any atom is 0.269 e. The van der Waals surface area contributed by atoms with Crippen molar-refractivity contribution >= 4 is 50.0 Å². The Hall–Kier alpha value is -3.06. The lowest BCUT2D eigenvalue weighted by molar-refractivity contribution is 0.0990. The van der Waals surface area contributed by atoms with E-state index < -0.39 is 0 Å². The molecule has 5 rings (SSSR count). The highest BCUT2D eigenvalue weighted by molar-refractivity contribution is 7.20. The molecule has 0 saturated carbocycles. The number of carbonyl (C=O) groups excluding carboxylic acids is 1. The Kier molecular flexibility index (Phi) is 3.98. The van der Waals surface area contributed by atoms with E-state index in [2.05, 4.69) is 0 Å². The van der Waals surface area contributed by atoms with Gasteiger partial charge in [0.15, 0.2) is 11.6 Å². The molecule has 0 saturated heterocycles. The number of thiophene rings is 1. The van der Waals surface area contributed by atoms with Crippen molar-refractivity contribution in [3.63, 3.8) is 0 Å². The molecule has 3 heterocycles. The summed E-state index contributed by atoms with van der Waals surface area (Å²) in [6.45, 7) is 1.32. The number of aromatic nitrogens is 2. The van der Waals surface area contributed by atoms with Crippen LogP contribution < -0.4 is 9.80 Å². The molecular formula is C21H17FN4OS. The molecule has 28 heavy (non-hydrogen) atoms. The Morgan fingerprint density at radius 3 is 2.54 bits per heavy atom. The molecule has 7 heteroatoms. The summed E-state index contributed by atoms with van der Waals surface area (Å²) in [4.78, 5) is 27.1. The maximum atomic E-state index is 14.1. The molecule has 1 amide bonds. The van der Waals surface area contributed by atoms with Crippen LogP contribution in [0.25, 0.3) is 21.1 Å². The van der Waals surface area contributed by atoms with Gasteiger partial charge in [0.25, 0.3) is 5.91 Å². The van der Waals surface area contributed by atoms with E-state index in [-0.39, 0.29) is 11.7 Å². The Labute approximate surface area is 165 Å². The summed E-state index contributed by atoms with van der Waals surface area (Å²) in [5.41, 5.74) is 1.54. The van der Waals surface area contributed by atoms with Crippen molar-refractivity contribution in [2.45, 2.75) is 6.42 Å². The summed E-state index contributed by atoms with van der Waals surface area (Å²) in [6, 6.07) is 14.2. The molecule has 0 aliphatic carbocycles. The standard InChI is InChI=1S/C21H17FN4OS/c1-25-10-5-11-26(20-19(25)23-15-7-2-3-8-16(15)24-20)21(27)18-12-13-14(22)6-4-9-17(13)28-18/h2-4,6-9,12H,5,10-11H2,1H3. The van der Waals surface area contributed by atoms with E-state index in [0.29, 0.717) is 28.4 Å². The van der Waals surface area contributed by atoms with Gasteiger partial charge in [-0.25, -0.2) is 14.4 Å². The number of rotatable bonds is 1. The predicted octanol–water partition coefficient (Wildman–Crippen LogP) is 4.47. The van der Waals surface area contributed by atoms with Gasteiger partial charge in [-0.05, 0) is 36.8 Å². The monoisotopic (exact) mass is 392 g/mol. The molecule has 0 atom stereocenters. The van der Waals surface area contributed by atoms with Crippen molar-refractivity contribution in [3.8, 4) is 0 Å². The zero-order chi connectivity index (χ0) is 19.3.